The van der Waals surface area contributed by atoms with Crippen molar-refractivity contribution in [3.8, 4) is 0 Å². The second-order valence-corrected chi connectivity index (χ2v) is 6.37. The number of hydrogen-bond donors (Lipinski definition) is 2. The van der Waals surface area contributed by atoms with Crippen LogP contribution < -0.4 is 10.6 Å². The molecule has 1 aliphatic heterocycles. The maximum Gasteiger partial charge on any atom is 0.227 e. The van der Waals surface area contributed by atoms with Gasteiger partial charge in [-0.15, -0.1) is 12.4 Å². The van der Waals surface area contributed by atoms with E-state index in [1.54, 1.807) is 6.07 Å². The molecule has 1 aromatic carbocycles. The molecule has 1 aliphatic carbocycles. The smallest absolute Gasteiger partial charge is 0.227 e. The molecule has 2 aliphatic rings. The molecule has 22 heavy (non-hydrogen) atoms. The third-order valence-corrected chi connectivity index (χ3v) is 5.08. The number of carbonyl (C=O) groups excluding carboxylic acids is 1. The Kier molecular flexibility index (Phi) is 5.81. The van der Waals surface area contributed by atoms with Gasteiger partial charge in [-0.3, -0.25) is 4.79 Å². The molecule has 0 spiro atoms. The topological polar surface area (TPSA) is 41.1 Å². The van der Waals surface area contributed by atoms with E-state index in [0.29, 0.717) is 18.9 Å². The van der Waals surface area contributed by atoms with Crippen molar-refractivity contribution < 1.29 is 9.18 Å². The molecule has 2 N–H and O–H groups in total. The van der Waals surface area contributed by atoms with Crippen molar-refractivity contribution in [3.05, 3.63) is 35.6 Å². The number of rotatable bonds is 4. The van der Waals surface area contributed by atoms with Gasteiger partial charge in [0.2, 0.25) is 5.91 Å². The highest BCUT2D eigenvalue weighted by Crippen LogP contribution is 2.43. The largest absolute Gasteiger partial charge is 0.355 e. The van der Waals surface area contributed by atoms with Gasteiger partial charge in [-0.05, 0) is 49.4 Å². The van der Waals surface area contributed by atoms with E-state index in [2.05, 4.69) is 10.6 Å². The Morgan fingerprint density at radius 3 is 3.09 bits per heavy atom. The number of halogens is 2. The predicted octanol–water partition coefficient (Wildman–Crippen LogP) is 2.69. The Hall–Kier alpha value is -1.13. The Labute approximate surface area is 137 Å². The summed E-state index contributed by atoms with van der Waals surface area (Å²) in [6, 6.07) is 6.58. The summed E-state index contributed by atoms with van der Waals surface area (Å²) in [6.45, 7) is 2.36. The first-order valence-electron chi connectivity index (χ1n) is 7.94. The summed E-state index contributed by atoms with van der Waals surface area (Å²) in [5.74, 6) is 0.457. The van der Waals surface area contributed by atoms with Gasteiger partial charge >= 0.3 is 0 Å². The molecule has 1 saturated heterocycles. The molecule has 2 fully saturated rings. The Bertz CT molecular complexity index is 525. The van der Waals surface area contributed by atoms with Crippen LogP contribution in [0.25, 0.3) is 0 Å². The van der Waals surface area contributed by atoms with Crippen molar-refractivity contribution in [2.24, 2.45) is 11.3 Å². The third-order valence-electron chi connectivity index (χ3n) is 5.08. The van der Waals surface area contributed by atoms with Crippen molar-refractivity contribution >= 4 is 18.3 Å². The summed E-state index contributed by atoms with van der Waals surface area (Å²) in [7, 11) is 0. The molecular weight excluding hydrogens is 303 g/mol. The zero-order valence-corrected chi connectivity index (χ0v) is 13.6. The number of carbonyl (C=O) groups is 1. The summed E-state index contributed by atoms with van der Waals surface area (Å²) in [4.78, 5) is 12.6. The van der Waals surface area contributed by atoms with Gasteiger partial charge in [0.1, 0.15) is 5.82 Å². The summed E-state index contributed by atoms with van der Waals surface area (Å²) < 4.78 is 13.1. The molecule has 1 amide bonds. The van der Waals surface area contributed by atoms with Crippen molar-refractivity contribution in [3.63, 3.8) is 0 Å². The lowest BCUT2D eigenvalue weighted by Crippen LogP contribution is -2.48. The minimum absolute atomic E-state index is 0. The first-order chi connectivity index (χ1) is 10.2. The maximum absolute atomic E-state index is 13.1. The van der Waals surface area contributed by atoms with Gasteiger partial charge in [0, 0.05) is 13.1 Å². The van der Waals surface area contributed by atoms with Gasteiger partial charge in [0.25, 0.3) is 0 Å². The number of fused-ring (bicyclic) bond motifs is 1. The van der Waals surface area contributed by atoms with Crippen LogP contribution in [0.3, 0.4) is 0 Å². The molecule has 0 radical (unpaired) electrons. The molecule has 1 heterocycles. The van der Waals surface area contributed by atoms with Gasteiger partial charge < -0.3 is 10.6 Å². The average molecular weight is 327 g/mol. The highest BCUT2D eigenvalue weighted by atomic mass is 35.5. The number of hydrogen-bond acceptors (Lipinski definition) is 2. The Balaban J connectivity index is 0.00000176. The van der Waals surface area contributed by atoms with Gasteiger partial charge in [0.05, 0.1) is 5.41 Å². The molecule has 0 aromatic heterocycles. The minimum Gasteiger partial charge on any atom is -0.355 e. The van der Waals surface area contributed by atoms with Crippen molar-refractivity contribution in [2.45, 2.75) is 32.1 Å². The number of nitrogens with one attached hydrogen (secondary N) is 2. The number of amides is 1. The van der Waals surface area contributed by atoms with Crippen LogP contribution in [0.15, 0.2) is 24.3 Å². The summed E-state index contributed by atoms with van der Waals surface area (Å²) >= 11 is 0. The van der Waals surface area contributed by atoms with Gasteiger partial charge in [-0.2, -0.15) is 0 Å². The van der Waals surface area contributed by atoms with Crippen LogP contribution in [0.4, 0.5) is 4.39 Å². The van der Waals surface area contributed by atoms with Crippen LogP contribution in [-0.4, -0.2) is 25.5 Å². The van der Waals surface area contributed by atoms with Gasteiger partial charge in [-0.1, -0.05) is 25.0 Å². The lowest BCUT2D eigenvalue weighted by atomic mass is 9.67. The lowest BCUT2D eigenvalue weighted by Gasteiger charge is -2.37. The highest BCUT2D eigenvalue weighted by molar-refractivity contribution is 5.85. The normalized spacial score (nSPS) is 26.9. The second-order valence-electron chi connectivity index (χ2n) is 6.37. The van der Waals surface area contributed by atoms with E-state index in [1.165, 1.54) is 18.6 Å². The molecule has 0 bridgehead atoms. The van der Waals surface area contributed by atoms with Crippen molar-refractivity contribution in [1.82, 2.24) is 10.6 Å². The number of benzene rings is 1. The first kappa shape index (κ1) is 17.2. The van der Waals surface area contributed by atoms with E-state index < -0.39 is 0 Å². The molecule has 5 heteroatoms. The highest BCUT2D eigenvalue weighted by Gasteiger charge is 2.49. The molecule has 3 rings (SSSR count). The van der Waals surface area contributed by atoms with E-state index in [4.69, 9.17) is 0 Å². The van der Waals surface area contributed by atoms with Crippen LogP contribution >= 0.6 is 12.4 Å². The van der Waals surface area contributed by atoms with Crippen LogP contribution in [-0.2, 0) is 11.2 Å². The Morgan fingerprint density at radius 1 is 1.41 bits per heavy atom. The molecular formula is C17H24ClFN2O. The maximum atomic E-state index is 13.1. The van der Waals surface area contributed by atoms with Crippen molar-refractivity contribution in [1.29, 1.82) is 0 Å². The van der Waals surface area contributed by atoms with Crippen molar-refractivity contribution in [2.75, 3.05) is 19.6 Å². The summed E-state index contributed by atoms with van der Waals surface area (Å²) in [6.07, 6.45) is 5.22. The molecule has 2 atom stereocenters. The lowest BCUT2D eigenvalue weighted by molar-refractivity contribution is -0.133. The van der Waals surface area contributed by atoms with E-state index in [0.717, 1.165) is 37.9 Å². The van der Waals surface area contributed by atoms with Crippen LogP contribution in [0, 0.1) is 17.2 Å². The molecule has 122 valence electrons. The third kappa shape index (κ3) is 3.44. The SMILES string of the molecule is Cl.O=C(NCCc1cccc(F)c1)[C@@]12CCCC[C@H]1CNC2. The minimum atomic E-state index is -0.218. The van der Waals surface area contributed by atoms with E-state index in [-0.39, 0.29) is 29.5 Å². The molecule has 1 aromatic rings. The van der Waals surface area contributed by atoms with Crippen LogP contribution in [0.1, 0.15) is 31.2 Å². The fourth-order valence-electron chi connectivity index (χ4n) is 3.88. The van der Waals surface area contributed by atoms with Gasteiger partial charge in [0.15, 0.2) is 0 Å². The zero-order valence-electron chi connectivity index (χ0n) is 12.7. The Morgan fingerprint density at radius 2 is 2.27 bits per heavy atom. The first-order valence-corrected chi connectivity index (χ1v) is 7.94. The quantitative estimate of drug-likeness (QED) is 0.893. The van der Waals surface area contributed by atoms with E-state index in [9.17, 15) is 9.18 Å². The van der Waals surface area contributed by atoms with Crippen LogP contribution in [0.5, 0.6) is 0 Å². The predicted molar refractivity (Wildman–Crippen MR) is 87.6 cm³/mol. The molecule has 1 saturated carbocycles. The fourth-order valence-corrected chi connectivity index (χ4v) is 3.88. The zero-order chi connectivity index (χ0) is 14.7. The van der Waals surface area contributed by atoms with Gasteiger partial charge in [-0.25, -0.2) is 4.39 Å². The average Bonchev–Trinajstić information content (AvgIpc) is 2.92. The molecule has 0 unspecified atom stereocenters. The fraction of sp³-hybridized carbons (Fsp3) is 0.588. The van der Waals surface area contributed by atoms with E-state index >= 15 is 0 Å². The van der Waals surface area contributed by atoms with Crippen LogP contribution in [0.2, 0.25) is 0 Å². The summed E-state index contributed by atoms with van der Waals surface area (Å²) in [5.41, 5.74) is 0.734. The second kappa shape index (κ2) is 7.42. The summed E-state index contributed by atoms with van der Waals surface area (Å²) in [5, 5.41) is 6.47. The van der Waals surface area contributed by atoms with E-state index in [1.807, 2.05) is 6.07 Å². The standard InChI is InChI=1S/C17H23FN2O.ClH/c18-15-6-3-4-13(10-15)7-9-20-16(21)17-8-2-1-5-14(17)11-19-12-17;/h3-4,6,10,14,19H,1-2,5,7-9,11-12H2,(H,20,21);1H/t14-,17+;/m0./s1. The monoisotopic (exact) mass is 326 g/mol. The molecule has 3 nitrogen and oxygen atoms in total.